The first-order chi connectivity index (χ1) is 15.8. The summed E-state index contributed by atoms with van der Waals surface area (Å²) in [5.74, 6) is -0.784. The number of aryl methyl sites for hydroxylation is 1. The number of esters is 1. The van der Waals surface area contributed by atoms with Crippen LogP contribution < -0.4 is 16.1 Å². The summed E-state index contributed by atoms with van der Waals surface area (Å²) in [5.41, 5.74) is 0.203. The molecule has 1 amide bonds. The minimum atomic E-state index is -0.519. The fraction of sp³-hybridized carbons (Fsp3) is 0.435. The Balaban J connectivity index is 2.03. The minimum absolute atomic E-state index is 0.250. The molecule has 0 saturated heterocycles. The van der Waals surface area contributed by atoms with Crippen molar-refractivity contribution in [3.8, 4) is 0 Å². The molecule has 10 heteroatoms. The monoisotopic (exact) mass is 472 g/mol. The highest BCUT2D eigenvalue weighted by Gasteiger charge is 2.25. The van der Waals surface area contributed by atoms with E-state index in [1.165, 1.54) is 6.07 Å². The number of fused-ring (bicyclic) bond motifs is 1. The first kappa shape index (κ1) is 24.4. The fourth-order valence-electron chi connectivity index (χ4n) is 3.52. The van der Waals surface area contributed by atoms with Gasteiger partial charge in [0.15, 0.2) is 5.13 Å². The molecular weight excluding hydrogens is 444 g/mol. The molecule has 0 unspecified atom stereocenters. The van der Waals surface area contributed by atoms with Crippen LogP contribution in [0.3, 0.4) is 0 Å². The summed E-state index contributed by atoms with van der Waals surface area (Å²) < 4.78 is 6.20. The van der Waals surface area contributed by atoms with Gasteiger partial charge in [0.05, 0.1) is 23.2 Å². The van der Waals surface area contributed by atoms with Crippen LogP contribution in [0.5, 0.6) is 0 Å². The molecule has 0 aliphatic rings. The fourth-order valence-corrected chi connectivity index (χ4v) is 4.50. The summed E-state index contributed by atoms with van der Waals surface area (Å²) in [4.78, 5) is 59.5. The standard InChI is InChI=1S/C23H28N4O5S/c1-5-8-9-12-27(23-24-14(4)18(33-23)21(30)32-7-3)19(28)15-10-11-16-17(13-15)25-22(31)26(6-2)20(16)29/h10-11,13H,5-9,12H2,1-4H3,(H,25,31). The maximum atomic E-state index is 13.5. The van der Waals surface area contributed by atoms with Crippen LogP contribution in [0.2, 0.25) is 0 Å². The third kappa shape index (κ3) is 5.05. The first-order valence-corrected chi connectivity index (χ1v) is 11.9. The van der Waals surface area contributed by atoms with Gasteiger partial charge in [-0.25, -0.2) is 14.6 Å². The Kier molecular flexibility index (Phi) is 7.80. The van der Waals surface area contributed by atoms with Gasteiger partial charge in [-0.3, -0.25) is 19.1 Å². The van der Waals surface area contributed by atoms with Gasteiger partial charge in [0.2, 0.25) is 0 Å². The molecule has 0 bridgehead atoms. The molecule has 33 heavy (non-hydrogen) atoms. The third-order valence-electron chi connectivity index (χ3n) is 5.25. The average Bonchev–Trinajstić information content (AvgIpc) is 3.17. The van der Waals surface area contributed by atoms with Gasteiger partial charge in [0.1, 0.15) is 4.88 Å². The zero-order valence-electron chi connectivity index (χ0n) is 19.3. The maximum absolute atomic E-state index is 13.5. The molecule has 0 fully saturated rings. The summed E-state index contributed by atoms with van der Waals surface area (Å²) in [6.45, 7) is 8.15. The molecule has 2 heterocycles. The van der Waals surface area contributed by atoms with E-state index in [0.29, 0.717) is 38.7 Å². The smallest absolute Gasteiger partial charge is 0.350 e. The Bertz CT molecular complexity index is 1290. The number of anilines is 1. The zero-order valence-corrected chi connectivity index (χ0v) is 20.1. The minimum Gasteiger partial charge on any atom is -0.462 e. The first-order valence-electron chi connectivity index (χ1n) is 11.1. The lowest BCUT2D eigenvalue weighted by molar-refractivity contribution is 0.0531. The van der Waals surface area contributed by atoms with Crippen molar-refractivity contribution in [3.05, 3.63) is 55.2 Å². The molecule has 176 valence electrons. The molecule has 0 aliphatic carbocycles. The van der Waals surface area contributed by atoms with Crippen LogP contribution in [0.25, 0.3) is 10.9 Å². The molecule has 3 aromatic rings. The van der Waals surface area contributed by atoms with Crippen molar-refractivity contribution in [1.29, 1.82) is 0 Å². The van der Waals surface area contributed by atoms with Crippen LogP contribution >= 0.6 is 11.3 Å². The summed E-state index contributed by atoms with van der Waals surface area (Å²) in [5, 5.41) is 0.742. The van der Waals surface area contributed by atoms with Gasteiger partial charge in [-0.2, -0.15) is 0 Å². The van der Waals surface area contributed by atoms with E-state index in [4.69, 9.17) is 4.74 Å². The van der Waals surface area contributed by atoms with Crippen molar-refractivity contribution in [3.63, 3.8) is 0 Å². The Morgan fingerprint density at radius 1 is 1.18 bits per heavy atom. The van der Waals surface area contributed by atoms with Gasteiger partial charge in [-0.15, -0.1) is 0 Å². The molecule has 3 rings (SSSR count). The number of rotatable bonds is 9. The molecule has 2 aromatic heterocycles. The average molecular weight is 473 g/mol. The highest BCUT2D eigenvalue weighted by molar-refractivity contribution is 7.17. The maximum Gasteiger partial charge on any atom is 0.350 e. The van der Waals surface area contributed by atoms with Crippen molar-refractivity contribution < 1.29 is 14.3 Å². The number of unbranched alkanes of at least 4 members (excludes halogenated alkanes) is 2. The lowest BCUT2D eigenvalue weighted by Crippen LogP contribution is -2.35. The SMILES string of the molecule is CCCCCN(C(=O)c1ccc2c(=O)n(CC)c(=O)[nH]c2c1)c1nc(C)c(C(=O)OCC)s1. The largest absolute Gasteiger partial charge is 0.462 e. The van der Waals surface area contributed by atoms with Crippen LogP contribution in [-0.4, -0.2) is 39.6 Å². The summed E-state index contributed by atoms with van der Waals surface area (Å²) in [7, 11) is 0. The number of nitrogens with zero attached hydrogens (tertiary/aromatic N) is 3. The summed E-state index contributed by atoms with van der Waals surface area (Å²) in [6, 6.07) is 4.64. The number of carbonyl (C=O) groups is 2. The molecule has 0 radical (unpaired) electrons. The molecule has 0 saturated carbocycles. The second-order valence-corrected chi connectivity index (χ2v) is 8.51. The molecular formula is C23H28N4O5S. The number of thiazole rings is 1. The number of nitrogens with one attached hydrogen (secondary N) is 1. The van der Waals surface area contributed by atoms with E-state index >= 15 is 0 Å². The second kappa shape index (κ2) is 10.6. The number of carbonyl (C=O) groups excluding carboxylic acids is 2. The topological polar surface area (TPSA) is 114 Å². The van der Waals surface area contributed by atoms with Gasteiger partial charge in [0.25, 0.3) is 11.5 Å². The summed E-state index contributed by atoms with van der Waals surface area (Å²) in [6.07, 6.45) is 2.68. The van der Waals surface area contributed by atoms with E-state index < -0.39 is 17.2 Å². The van der Waals surface area contributed by atoms with Crippen molar-refractivity contribution in [2.75, 3.05) is 18.1 Å². The lowest BCUT2D eigenvalue weighted by Gasteiger charge is -2.20. The predicted molar refractivity (Wildman–Crippen MR) is 129 cm³/mol. The Morgan fingerprint density at radius 3 is 2.61 bits per heavy atom. The van der Waals surface area contributed by atoms with E-state index in [2.05, 4.69) is 16.9 Å². The third-order valence-corrected chi connectivity index (χ3v) is 6.41. The van der Waals surface area contributed by atoms with Crippen LogP contribution in [0.1, 0.15) is 65.8 Å². The van der Waals surface area contributed by atoms with Crippen molar-refractivity contribution in [2.24, 2.45) is 0 Å². The highest BCUT2D eigenvalue weighted by atomic mass is 32.1. The highest BCUT2D eigenvalue weighted by Crippen LogP contribution is 2.29. The van der Waals surface area contributed by atoms with Crippen LogP contribution in [0.4, 0.5) is 5.13 Å². The molecule has 0 atom stereocenters. The molecule has 9 nitrogen and oxygen atoms in total. The quantitative estimate of drug-likeness (QED) is 0.377. The molecule has 1 N–H and O–H groups in total. The van der Waals surface area contributed by atoms with E-state index in [1.54, 1.807) is 37.8 Å². The second-order valence-electron chi connectivity index (χ2n) is 7.54. The van der Waals surface area contributed by atoms with Gasteiger partial charge in [0, 0.05) is 18.7 Å². The predicted octanol–water partition coefficient (Wildman–Crippen LogP) is 3.49. The Morgan fingerprint density at radius 2 is 1.94 bits per heavy atom. The number of hydrogen-bond donors (Lipinski definition) is 1. The van der Waals surface area contributed by atoms with E-state index in [0.717, 1.165) is 35.2 Å². The zero-order chi connectivity index (χ0) is 24.1. The number of ether oxygens (including phenoxy) is 1. The van der Waals surface area contributed by atoms with Crippen molar-refractivity contribution in [2.45, 2.75) is 53.5 Å². The van der Waals surface area contributed by atoms with Gasteiger partial charge in [-0.1, -0.05) is 31.1 Å². The number of aromatic amines is 1. The van der Waals surface area contributed by atoms with Gasteiger partial charge < -0.3 is 9.72 Å². The molecule has 0 spiro atoms. The number of H-pyrrole nitrogens is 1. The molecule has 0 aliphatic heterocycles. The van der Waals surface area contributed by atoms with Gasteiger partial charge >= 0.3 is 11.7 Å². The Labute approximate surface area is 195 Å². The van der Waals surface area contributed by atoms with Crippen LogP contribution in [0.15, 0.2) is 27.8 Å². The lowest BCUT2D eigenvalue weighted by atomic mass is 10.1. The number of aromatic nitrogens is 3. The normalized spacial score (nSPS) is 11.0. The van der Waals surface area contributed by atoms with E-state index in [9.17, 15) is 19.2 Å². The Hall–Kier alpha value is -3.27. The van der Waals surface area contributed by atoms with Crippen molar-refractivity contribution >= 4 is 39.2 Å². The number of amides is 1. The summed E-state index contributed by atoms with van der Waals surface area (Å²) >= 11 is 1.12. The number of hydrogen-bond acceptors (Lipinski definition) is 7. The van der Waals surface area contributed by atoms with Crippen LogP contribution in [0, 0.1) is 6.92 Å². The van der Waals surface area contributed by atoms with E-state index in [-0.39, 0.29) is 19.1 Å². The van der Waals surface area contributed by atoms with Crippen molar-refractivity contribution in [1.82, 2.24) is 14.5 Å². The van der Waals surface area contributed by atoms with Crippen LogP contribution in [-0.2, 0) is 11.3 Å². The van der Waals surface area contributed by atoms with Gasteiger partial charge in [-0.05, 0) is 45.4 Å². The number of benzene rings is 1. The van der Waals surface area contributed by atoms with E-state index in [1.807, 2.05) is 0 Å². The molecule has 1 aromatic carbocycles.